The quantitative estimate of drug-likeness (QED) is 0.866. The van der Waals surface area contributed by atoms with Gasteiger partial charge in [-0.3, -0.25) is 0 Å². The van der Waals surface area contributed by atoms with Gasteiger partial charge in [0.25, 0.3) is 0 Å². The number of hydrogen-bond donors (Lipinski definition) is 1. The summed E-state index contributed by atoms with van der Waals surface area (Å²) < 4.78 is 13.7. The van der Waals surface area contributed by atoms with Crippen LogP contribution < -0.4 is 0 Å². The SMILES string of the molecule is CC(C)c1nc2ccc(C(=O)O)cc2cc1F. The van der Waals surface area contributed by atoms with E-state index in [-0.39, 0.29) is 11.5 Å². The van der Waals surface area contributed by atoms with Gasteiger partial charge in [0.15, 0.2) is 0 Å². The molecule has 3 nitrogen and oxygen atoms in total. The molecule has 0 aliphatic rings. The summed E-state index contributed by atoms with van der Waals surface area (Å²) in [6, 6.07) is 5.84. The van der Waals surface area contributed by atoms with Crippen molar-refractivity contribution >= 4 is 16.9 Å². The first-order valence-electron chi connectivity index (χ1n) is 5.32. The summed E-state index contributed by atoms with van der Waals surface area (Å²) in [7, 11) is 0. The predicted molar refractivity (Wildman–Crippen MR) is 62.7 cm³/mol. The van der Waals surface area contributed by atoms with Crippen molar-refractivity contribution in [2.75, 3.05) is 0 Å². The molecule has 0 saturated carbocycles. The van der Waals surface area contributed by atoms with Crippen LogP contribution in [0.15, 0.2) is 24.3 Å². The Balaban J connectivity index is 2.66. The van der Waals surface area contributed by atoms with Gasteiger partial charge < -0.3 is 5.11 Å². The monoisotopic (exact) mass is 233 g/mol. The van der Waals surface area contributed by atoms with Crippen LogP contribution in [0.3, 0.4) is 0 Å². The summed E-state index contributed by atoms with van der Waals surface area (Å²) in [5.74, 6) is -1.42. The normalized spacial score (nSPS) is 11.1. The molecule has 2 aromatic rings. The fourth-order valence-electron chi connectivity index (χ4n) is 1.70. The zero-order valence-corrected chi connectivity index (χ0v) is 9.57. The fraction of sp³-hybridized carbons (Fsp3) is 0.231. The lowest BCUT2D eigenvalue weighted by molar-refractivity contribution is 0.0697. The van der Waals surface area contributed by atoms with Gasteiger partial charge in [0.05, 0.1) is 16.8 Å². The maximum atomic E-state index is 13.7. The number of carboxylic acid groups (broad SMARTS) is 1. The summed E-state index contributed by atoms with van der Waals surface area (Å²) in [5.41, 5.74) is 1.15. The minimum Gasteiger partial charge on any atom is -0.478 e. The Labute approximate surface area is 97.9 Å². The maximum absolute atomic E-state index is 13.7. The van der Waals surface area contributed by atoms with Crippen LogP contribution in [0.2, 0.25) is 0 Å². The molecule has 0 aliphatic heterocycles. The van der Waals surface area contributed by atoms with Gasteiger partial charge in [-0.25, -0.2) is 14.2 Å². The Morgan fingerprint density at radius 3 is 2.65 bits per heavy atom. The Hall–Kier alpha value is -1.97. The molecule has 0 bridgehead atoms. The van der Waals surface area contributed by atoms with Crippen LogP contribution in [0.5, 0.6) is 0 Å². The van der Waals surface area contributed by atoms with E-state index >= 15 is 0 Å². The van der Waals surface area contributed by atoms with E-state index in [0.717, 1.165) is 0 Å². The molecule has 4 heteroatoms. The van der Waals surface area contributed by atoms with Crippen molar-refractivity contribution in [2.45, 2.75) is 19.8 Å². The van der Waals surface area contributed by atoms with Gasteiger partial charge in [0.2, 0.25) is 0 Å². The van der Waals surface area contributed by atoms with E-state index in [1.54, 1.807) is 6.07 Å². The summed E-state index contributed by atoms with van der Waals surface area (Å²) in [6.07, 6.45) is 0. The van der Waals surface area contributed by atoms with Gasteiger partial charge in [-0.15, -0.1) is 0 Å². The molecule has 0 radical (unpaired) electrons. The number of halogens is 1. The van der Waals surface area contributed by atoms with Crippen LogP contribution in [0, 0.1) is 5.82 Å². The molecule has 0 fully saturated rings. The Bertz CT molecular complexity index is 593. The largest absolute Gasteiger partial charge is 0.478 e. The standard InChI is InChI=1S/C13H12FNO2/c1-7(2)12-10(14)6-9-5-8(13(16)17)3-4-11(9)15-12/h3-7H,1-2H3,(H,16,17). The van der Waals surface area contributed by atoms with Gasteiger partial charge in [0, 0.05) is 5.39 Å². The number of carbonyl (C=O) groups is 1. The Morgan fingerprint density at radius 1 is 1.35 bits per heavy atom. The van der Waals surface area contributed by atoms with Gasteiger partial charge in [-0.05, 0) is 30.2 Å². The first-order chi connectivity index (χ1) is 7.99. The summed E-state index contributed by atoms with van der Waals surface area (Å²) >= 11 is 0. The third-order valence-electron chi connectivity index (χ3n) is 2.59. The molecular weight excluding hydrogens is 221 g/mol. The lowest BCUT2D eigenvalue weighted by atomic mass is 10.1. The third-order valence-corrected chi connectivity index (χ3v) is 2.59. The van der Waals surface area contributed by atoms with Crippen LogP contribution >= 0.6 is 0 Å². The first-order valence-corrected chi connectivity index (χ1v) is 5.32. The number of aromatic nitrogens is 1. The van der Waals surface area contributed by atoms with E-state index in [4.69, 9.17) is 5.11 Å². The molecule has 0 amide bonds. The topological polar surface area (TPSA) is 50.2 Å². The lowest BCUT2D eigenvalue weighted by Gasteiger charge is -2.08. The van der Waals surface area contributed by atoms with Crippen LogP contribution in [0.25, 0.3) is 10.9 Å². The zero-order valence-electron chi connectivity index (χ0n) is 9.57. The Morgan fingerprint density at radius 2 is 2.06 bits per heavy atom. The molecule has 17 heavy (non-hydrogen) atoms. The van der Waals surface area contributed by atoms with Crippen molar-refractivity contribution < 1.29 is 14.3 Å². The molecule has 0 saturated heterocycles. The molecule has 0 unspecified atom stereocenters. The van der Waals surface area contributed by atoms with Gasteiger partial charge in [-0.1, -0.05) is 13.8 Å². The average Bonchev–Trinajstić information content (AvgIpc) is 2.26. The van der Waals surface area contributed by atoms with E-state index in [1.165, 1.54) is 18.2 Å². The van der Waals surface area contributed by atoms with Crippen LogP contribution in [0.4, 0.5) is 4.39 Å². The van der Waals surface area contributed by atoms with Crippen molar-refractivity contribution in [1.82, 2.24) is 4.98 Å². The van der Waals surface area contributed by atoms with Crippen molar-refractivity contribution in [1.29, 1.82) is 0 Å². The minimum atomic E-state index is -1.03. The number of carboxylic acids is 1. The molecule has 0 aliphatic carbocycles. The van der Waals surface area contributed by atoms with Crippen molar-refractivity contribution in [3.63, 3.8) is 0 Å². The highest BCUT2D eigenvalue weighted by Crippen LogP contribution is 2.22. The Kier molecular flexibility index (Phi) is 2.79. The number of pyridine rings is 1. The number of benzene rings is 1. The second-order valence-corrected chi connectivity index (χ2v) is 4.22. The number of rotatable bonds is 2. The molecule has 1 aromatic carbocycles. The van der Waals surface area contributed by atoms with E-state index < -0.39 is 11.8 Å². The van der Waals surface area contributed by atoms with Crippen LogP contribution in [-0.4, -0.2) is 16.1 Å². The van der Waals surface area contributed by atoms with Gasteiger partial charge >= 0.3 is 5.97 Å². The van der Waals surface area contributed by atoms with Gasteiger partial charge in [0.1, 0.15) is 5.82 Å². The first kappa shape index (κ1) is 11.5. The van der Waals surface area contributed by atoms with Crippen molar-refractivity contribution in [3.05, 3.63) is 41.3 Å². The second-order valence-electron chi connectivity index (χ2n) is 4.22. The summed E-state index contributed by atoms with van der Waals surface area (Å²) in [4.78, 5) is 15.0. The predicted octanol–water partition coefficient (Wildman–Crippen LogP) is 3.20. The zero-order chi connectivity index (χ0) is 12.6. The number of aromatic carboxylic acids is 1. The average molecular weight is 233 g/mol. The van der Waals surface area contributed by atoms with E-state index in [0.29, 0.717) is 16.6 Å². The molecule has 2 rings (SSSR count). The summed E-state index contributed by atoms with van der Waals surface area (Å²) in [5, 5.41) is 9.35. The molecule has 88 valence electrons. The number of nitrogens with zero attached hydrogens (tertiary/aromatic N) is 1. The van der Waals surface area contributed by atoms with Crippen LogP contribution in [0.1, 0.15) is 35.8 Å². The maximum Gasteiger partial charge on any atom is 0.335 e. The summed E-state index contributed by atoms with van der Waals surface area (Å²) in [6.45, 7) is 3.73. The molecule has 0 atom stereocenters. The minimum absolute atomic E-state index is 0.00134. The highest BCUT2D eigenvalue weighted by Gasteiger charge is 2.11. The van der Waals surface area contributed by atoms with Crippen molar-refractivity contribution in [2.24, 2.45) is 0 Å². The molecule has 1 N–H and O–H groups in total. The second kappa shape index (κ2) is 4.13. The third kappa shape index (κ3) is 2.11. The lowest BCUT2D eigenvalue weighted by Crippen LogP contribution is -2.00. The molecular formula is C13H12FNO2. The fourth-order valence-corrected chi connectivity index (χ4v) is 1.70. The highest BCUT2D eigenvalue weighted by molar-refractivity contribution is 5.93. The number of fused-ring (bicyclic) bond motifs is 1. The van der Waals surface area contributed by atoms with Gasteiger partial charge in [-0.2, -0.15) is 0 Å². The number of hydrogen-bond acceptors (Lipinski definition) is 2. The van der Waals surface area contributed by atoms with Crippen molar-refractivity contribution in [3.8, 4) is 0 Å². The molecule has 0 spiro atoms. The smallest absolute Gasteiger partial charge is 0.335 e. The highest BCUT2D eigenvalue weighted by atomic mass is 19.1. The molecule has 1 aromatic heterocycles. The van der Waals surface area contributed by atoms with E-state index in [2.05, 4.69) is 4.98 Å². The van der Waals surface area contributed by atoms with E-state index in [1.807, 2.05) is 13.8 Å². The van der Waals surface area contributed by atoms with Crippen LogP contribution in [-0.2, 0) is 0 Å². The van der Waals surface area contributed by atoms with E-state index in [9.17, 15) is 9.18 Å². The molecule has 1 heterocycles.